The summed E-state index contributed by atoms with van der Waals surface area (Å²) in [4.78, 5) is 29.2. The van der Waals surface area contributed by atoms with Crippen LogP contribution < -0.4 is 0 Å². The van der Waals surface area contributed by atoms with Gasteiger partial charge in [-0.15, -0.1) is 0 Å². The Kier molecular flexibility index (Phi) is 2.97. The first-order chi connectivity index (χ1) is 4.20. The van der Waals surface area contributed by atoms with E-state index in [1.54, 1.807) is 0 Å². The predicted molar refractivity (Wildman–Crippen MR) is 27.8 cm³/mol. The molecule has 0 rings (SSSR count). The van der Waals surface area contributed by atoms with Crippen molar-refractivity contribution in [2.24, 2.45) is 0 Å². The van der Waals surface area contributed by atoms with Gasteiger partial charge >= 0.3 is 5.97 Å². The molecule has 0 aliphatic heterocycles. The van der Waals surface area contributed by atoms with E-state index in [0.717, 1.165) is 0 Å². The zero-order valence-electron chi connectivity index (χ0n) is 4.40. The van der Waals surface area contributed by atoms with Crippen molar-refractivity contribution in [2.75, 3.05) is 0 Å². The Morgan fingerprint density at radius 3 is 1.78 bits per heavy atom. The lowest BCUT2D eigenvalue weighted by atomic mass is 10.3. The minimum atomic E-state index is -1.30. The number of aldehydes is 2. The Morgan fingerprint density at radius 2 is 1.67 bits per heavy atom. The van der Waals surface area contributed by atoms with Crippen LogP contribution in [-0.4, -0.2) is 23.6 Å². The van der Waals surface area contributed by atoms with Crippen LogP contribution in [0.4, 0.5) is 0 Å². The first kappa shape index (κ1) is 7.55. The average Bonchev–Trinajstić information content (AvgIpc) is 1.82. The van der Waals surface area contributed by atoms with Crippen LogP contribution in [0.15, 0.2) is 11.6 Å². The lowest BCUT2D eigenvalue weighted by molar-refractivity contribution is -0.131. The molecule has 4 nitrogen and oxygen atoms in total. The number of carboxylic acid groups (broad SMARTS) is 1. The molecule has 0 unspecified atom stereocenters. The van der Waals surface area contributed by atoms with Crippen LogP contribution >= 0.6 is 0 Å². The first-order valence-electron chi connectivity index (χ1n) is 2.05. The van der Waals surface area contributed by atoms with E-state index in [9.17, 15) is 14.4 Å². The van der Waals surface area contributed by atoms with Crippen molar-refractivity contribution in [2.45, 2.75) is 0 Å². The summed E-state index contributed by atoms with van der Waals surface area (Å²) < 4.78 is 0. The van der Waals surface area contributed by atoms with E-state index in [0.29, 0.717) is 6.08 Å². The molecule has 0 aromatic rings. The zero-order valence-corrected chi connectivity index (χ0v) is 4.40. The molecule has 0 bridgehead atoms. The summed E-state index contributed by atoms with van der Waals surface area (Å²) in [6, 6.07) is 0. The summed E-state index contributed by atoms with van der Waals surface area (Å²) in [5.41, 5.74) is -0.373. The molecule has 0 spiro atoms. The second-order valence-electron chi connectivity index (χ2n) is 1.22. The third-order valence-corrected chi connectivity index (χ3v) is 0.562. The van der Waals surface area contributed by atoms with Gasteiger partial charge in [0.1, 0.15) is 0 Å². The van der Waals surface area contributed by atoms with Crippen molar-refractivity contribution in [3.05, 3.63) is 11.6 Å². The van der Waals surface area contributed by atoms with E-state index >= 15 is 0 Å². The highest BCUT2D eigenvalue weighted by molar-refractivity contribution is 6.04. The molecule has 0 saturated carbocycles. The molecule has 48 valence electrons. The Balaban J connectivity index is 4.24. The standard InChI is InChI=1S/C5H4O4/c6-2-4(3-7)1-5(8)9/h1-3H,(H,8,9). The summed E-state index contributed by atoms with van der Waals surface area (Å²) in [5.74, 6) is -1.30. The van der Waals surface area contributed by atoms with Crippen molar-refractivity contribution in [3.63, 3.8) is 0 Å². The molecule has 0 aliphatic carbocycles. The summed E-state index contributed by atoms with van der Waals surface area (Å²) in [6.45, 7) is 0. The highest BCUT2D eigenvalue weighted by atomic mass is 16.4. The molecular formula is C5H4O4. The van der Waals surface area contributed by atoms with Gasteiger partial charge in [-0.3, -0.25) is 9.59 Å². The molecule has 0 fully saturated rings. The molecular weight excluding hydrogens is 124 g/mol. The van der Waals surface area contributed by atoms with Gasteiger partial charge in [0.05, 0.1) is 5.57 Å². The minimum absolute atomic E-state index is 0.182. The van der Waals surface area contributed by atoms with Crippen LogP contribution in [0.25, 0.3) is 0 Å². The van der Waals surface area contributed by atoms with Gasteiger partial charge in [0, 0.05) is 6.08 Å². The molecule has 4 heteroatoms. The van der Waals surface area contributed by atoms with E-state index in [-0.39, 0.29) is 18.1 Å². The van der Waals surface area contributed by atoms with Gasteiger partial charge in [-0.25, -0.2) is 4.79 Å². The topological polar surface area (TPSA) is 71.4 Å². The summed E-state index contributed by atoms with van der Waals surface area (Å²) >= 11 is 0. The highest BCUT2D eigenvalue weighted by Crippen LogP contribution is 1.81. The molecule has 0 amide bonds. The number of hydrogen-bond acceptors (Lipinski definition) is 3. The number of carboxylic acids is 1. The fraction of sp³-hybridized carbons (Fsp3) is 0. The van der Waals surface area contributed by atoms with Crippen molar-refractivity contribution >= 4 is 18.5 Å². The summed E-state index contributed by atoms with van der Waals surface area (Å²) in [7, 11) is 0. The molecule has 0 aromatic carbocycles. The summed E-state index contributed by atoms with van der Waals surface area (Å²) in [6.07, 6.45) is 0.905. The van der Waals surface area contributed by atoms with Gasteiger partial charge in [-0.05, 0) is 0 Å². The Hall–Kier alpha value is -1.45. The van der Waals surface area contributed by atoms with Crippen LogP contribution in [0.5, 0.6) is 0 Å². The third-order valence-electron chi connectivity index (χ3n) is 0.562. The van der Waals surface area contributed by atoms with Crippen LogP contribution in [0, 0.1) is 0 Å². The monoisotopic (exact) mass is 128 g/mol. The van der Waals surface area contributed by atoms with Crippen LogP contribution in [-0.2, 0) is 14.4 Å². The van der Waals surface area contributed by atoms with Gasteiger partial charge in [0.2, 0.25) is 0 Å². The molecule has 0 heterocycles. The van der Waals surface area contributed by atoms with E-state index in [1.165, 1.54) is 0 Å². The smallest absolute Gasteiger partial charge is 0.329 e. The van der Waals surface area contributed by atoms with Gasteiger partial charge in [0.25, 0.3) is 0 Å². The average molecular weight is 128 g/mol. The second-order valence-corrected chi connectivity index (χ2v) is 1.22. The quantitative estimate of drug-likeness (QED) is 0.238. The fourth-order valence-corrected chi connectivity index (χ4v) is 0.238. The number of allylic oxidation sites excluding steroid dienone is 1. The number of carbonyl (C=O) groups excluding carboxylic acids is 2. The van der Waals surface area contributed by atoms with Crippen molar-refractivity contribution < 1.29 is 19.5 Å². The van der Waals surface area contributed by atoms with Crippen molar-refractivity contribution in [1.82, 2.24) is 0 Å². The molecule has 0 atom stereocenters. The normalized spacial score (nSPS) is 7.56. The molecule has 0 radical (unpaired) electrons. The van der Waals surface area contributed by atoms with Crippen molar-refractivity contribution in [1.29, 1.82) is 0 Å². The van der Waals surface area contributed by atoms with Crippen LogP contribution in [0.2, 0.25) is 0 Å². The van der Waals surface area contributed by atoms with Gasteiger partial charge in [-0.1, -0.05) is 0 Å². The molecule has 1 N–H and O–H groups in total. The minimum Gasteiger partial charge on any atom is -0.478 e. The predicted octanol–water partition coefficient (Wildman–Crippen LogP) is -0.605. The van der Waals surface area contributed by atoms with Gasteiger partial charge < -0.3 is 5.11 Å². The zero-order chi connectivity index (χ0) is 7.28. The fourth-order valence-electron chi connectivity index (χ4n) is 0.238. The van der Waals surface area contributed by atoms with E-state index in [2.05, 4.69) is 0 Å². The summed E-state index contributed by atoms with van der Waals surface area (Å²) in [5, 5.41) is 7.95. The number of carbonyl (C=O) groups is 3. The van der Waals surface area contributed by atoms with Gasteiger partial charge in [-0.2, -0.15) is 0 Å². The Bertz CT molecular complexity index is 158. The van der Waals surface area contributed by atoms with Crippen molar-refractivity contribution in [3.8, 4) is 0 Å². The SMILES string of the molecule is O=CC(C=O)=CC(=O)O. The molecule has 0 aliphatic rings. The first-order valence-corrected chi connectivity index (χ1v) is 2.05. The van der Waals surface area contributed by atoms with E-state index < -0.39 is 5.97 Å². The second kappa shape index (κ2) is 3.54. The lowest BCUT2D eigenvalue weighted by Crippen LogP contribution is -1.93. The number of rotatable bonds is 3. The lowest BCUT2D eigenvalue weighted by Gasteiger charge is -1.78. The molecule has 0 aromatic heterocycles. The Labute approximate surface area is 50.8 Å². The number of aliphatic carboxylic acids is 1. The van der Waals surface area contributed by atoms with E-state index in [1.807, 2.05) is 0 Å². The van der Waals surface area contributed by atoms with Gasteiger partial charge in [0.15, 0.2) is 12.6 Å². The number of hydrogen-bond donors (Lipinski definition) is 1. The van der Waals surface area contributed by atoms with E-state index in [4.69, 9.17) is 5.11 Å². The highest BCUT2D eigenvalue weighted by Gasteiger charge is 1.94. The van der Waals surface area contributed by atoms with Crippen LogP contribution in [0.3, 0.4) is 0 Å². The largest absolute Gasteiger partial charge is 0.478 e. The maximum absolute atomic E-state index is 9.73. The maximum atomic E-state index is 9.73. The maximum Gasteiger partial charge on any atom is 0.329 e. The van der Waals surface area contributed by atoms with Crippen LogP contribution in [0.1, 0.15) is 0 Å². The Morgan fingerprint density at radius 1 is 1.22 bits per heavy atom. The molecule has 9 heavy (non-hydrogen) atoms. The molecule has 0 saturated heterocycles. The third kappa shape index (κ3) is 3.16.